The van der Waals surface area contributed by atoms with Crippen molar-refractivity contribution in [1.29, 1.82) is 0 Å². The highest BCUT2D eigenvalue weighted by Gasteiger charge is 2.50. The Bertz CT molecular complexity index is 582. The van der Waals surface area contributed by atoms with Crippen LogP contribution in [0.4, 0.5) is 0 Å². The maximum absolute atomic E-state index is 11.9. The number of benzene rings is 1. The summed E-state index contributed by atoms with van der Waals surface area (Å²) in [4.78, 5) is 0. The minimum absolute atomic E-state index is 0. The highest BCUT2D eigenvalue weighted by atomic mass is 79.9. The van der Waals surface area contributed by atoms with E-state index >= 15 is 0 Å². The lowest BCUT2D eigenvalue weighted by Crippen LogP contribution is -3.00. The number of hydrogen-bond donors (Lipinski definition) is 1. The van der Waals surface area contributed by atoms with Gasteiger partial charge >= 0.3 is 0 Å². The molecule has 4 atom stereocenters. The van der Waals surface area contributed by atoms with E-state index < -0.39 is 5.60 Å². The Kier molecular flexibility index (Phi) is 6.75. The quantitative estimate of drug-likeness (QED) is 0.703. The summed E-state index contributed by atoms with van der Waals surface area (Å²) in [6, 6.07) is 12.2. The summed E-state index contributed by atoms with van der Waals surface area (Å²) >= 11 is 0. The van der Waals surface area contributed by atoms with Crippen LogP contribution in [-0.2, 0) is 5.60 Å². The summed E-state index contributed by atoms with van der Waals surface area (Å²) in [6.07, 6.45) is 14.1. The average molecular weight is 436 g/mol. The molecule has 2 saturated heterocycles. The molecule has 0 radical (unpaired) electrons. The largest absolute Gasteiger partial charge is 1.00 e. The summed E-state index contributed by atoms with van der Waals surface area (Å²) in [5.74, 6) is 1.40. The van der Waals surface area contributed by atoms with Gasteiger partial charge in [-0.15, -0.1) is 0 Å². The highest BCUT2D eigenvalue weighted by Crippen LogP contribution is 2.47. The summed E-state index contributed by atoms with van der Waals surface area (Å²) in [6.45, 7) is 0. The van der Waals surface area contributed by atoms with Gasteiger partial charge in [-0.05, 0) is 30.2 Å². The highest BCUT2D eigenvalue weighted by molar-refractivity contribution is 5.22. The molecule has 2 bridgehead atoms. The number of fused-ring (bicyclic) bond motifs is 2. The van der Waals surface area contributed by atoms with Gasteiger partial charge in [0, 0.05) is 25.7 Å². The molecule has 0 amide bonds. The summed E-state index contributed by atoms with van der Waals surface area (Å²) < 4.78 is 1.23. The van der Waals surface area contributed by atoms with Crippen molar-refractivity contribution in [3.63, 3.8) is 0 Å². The van der Waals surface area contributed by atoms with Crippen LogP contribution in [0.1, 0.15) is 76.2 Å². The number of rotatable bonds is 5. The van der Waals surface area contributed by atoms with Gasteiger partial charge in [0.05, 0.1) is 31.8 Å². The van der Waals surface area contributed by atoms with Crippen molar-refractivity contribution in [2.75, 3.05) is 14.1 Å². The van der Waals surface area contributed by atoms with Crippen LogP contribution in [0.15, 0.2) is 30.3 Å². The number of nitrogens with zero attached hydrogens (tertiary/aromatic N) is 1. The second-order valence-corrected chi connectivity index (χ2v) is 10.2. The number of hydrogen-bond acceptors (Lipinski definition) is 1. The van der Waals surface area contributed by atoms with Gasteiger partial charge in [-0.3, -0.25) is 0 Å². The Morgan fingerprint density at radius 3 is 2.00 bits per heavy atom. The van der Waals surface area contributed by atoms with E-state index in [1.54, 1.807) is 0 Å². The molecule has 0 aromatic heterocycles. The van der Waals surface area contributed by atoms with Crippen LogP contribution in [0, 0.1) is 11.8 Å². The van der Waals surface area contributed by atoms with E-state index in [1.165, 1.54) is 62.3 Å². The maximum atomic E-state index is 11.9. The molecular formula is C24H38BrNO. The van der Waals surface area contributed by atoms with Gasteiger partial charge in [0.15, 0.2) is 0 Å². The van der Waals surface area contributed by atoms with E-state index in [0.717, 1.165) is 30.5 Å². The SMILES string of the molecule is C[N+]1(C)[C@@H]2CC[C@H]1C[C@@H](CC(O)(CC1CCCCC1)c1ccccc1)C2.[Br-]. The fraction of sp³-hybridized carbons (Fsp3) is 0.750. The first-order chi connectivity index (χ1) is 12.5. The fourth-order valence-electron chi connectivity index (χ4n) is 6.57. The molecule has 2 aliphatic heterocycles. The summed E-state index contributed by atoms with van der Waals surface area (Å²) in [7, 11) is 4.87. The molecule has 1 N–H and O–H groups in total. The topological polar surface area (TPSA) is 20.2 Å². The molecule has 2 heterocycles. The number of quaternary nitrogens is 1. The molecule has 1 aliphatic carbocycles. The number of piperidine rings is 1. The standard InChI is InChI=1S/C24H38NO.BrH/c1-25(2)22-13-14-23(25)16-20(15-22)18-24(26,21-11-7-4-8-12-21)17-19-9-5-3-6-10-19;/h4,7-8,11-12,19-20,22-23,26H,3,5-6,9-10,13-18H2,1-2H3;1H/q+1;/p-1/t20-,22+,23-,24?;. The first-order valence-corrected chi connectivity index (χ1v) is 11.1. The predicted molar refractivity (Wildman–Crippen MR) is 108 cm³/mol. The lowest BCUT2D eigenvalue weighted by atomic mass is 9.72. The summed E-state index contributed by atoms with van der Waals surface area (Å²) in [5.41, 5.74) is 0.541. The molecule has 152 valence electrons. The first kappa shape index (κ1) is 21.3. The smallest absolute Gasteiger partial charge is 0.0901 e. The Morgan fingerprint density at radius 2 is 1.41 bits per heavy atom. The van der Waals surface area contributed by atoms with Crippen LogP contribution in [0.25, 0.3) is 0 Å². The van der Waals surface area contributed by atoms with Gasteiger partial charge in [-0.25, -0.2) is 0 Å². The first-order valence-electron chi connectivity index (χ1n) is 11.1. The summed E-state index contributed by atoms with van der Waals surface area (Å²) in [5, 5.41) is 11.9. The minimum atomic E-state index is -0.623. The van der Waals surface area contributed by atoms with E-state index in [1.807, 2.05) is 0 Å². The van der Waals surface area contributed by atoms with Crippen molar-refractivity contribution >= 4 is 0 Å². The molecule has 1 aromatic carbocycles. The zero-order valence-corrected chi connectivity index (χ0v) is 18.8. The van der Waals surface area contributed by atoms with Crippen molar-refractivity contribution in [3.8, 4) is 0 Å². The predicted octanol–water partition coefficient (Wildman–Crippen LogP) is 2.26. The van der Waals surface area contributed by atoms with Gasteiger partial charge in [0.1, 0.15) is 0 Å². The van der Waals surface area contributed by atoms with E-state index in [4.69, 9.17) is 0 Å². The Balaban J connectivity index is 0.00000210. The fourth-order valence-corrected chi connectivity index (χ4v) is 6.57. The van der Waals surface area contributed by atoms with E-state index in [-0.39, 0.29) is 17.0 Å². The molecule has 1 unspecified atom stereocenters. The molecule has 1 aromatic rings. The van der Waals surface area contributed by atoms with Gasteiger partial charge in [0.25, 0.3) is 0 Å². The monoisotopic (exact) mass is 435 g/mol. The third kappa shape index (κ3) is 4.46. The Morgan fingerprint density at radius 1 is 0.852 bits per heavy atom. The van der Waals surface area contributed by atoms with Crippen LogP contribution >= 0.6 is 0 Å². The molecule has 3 heteroatoms. The third-order valence-corrected chi connectivity index (χ3v) is 8.21. The van der Waals surface area contributed by atoms with Crippen molar-refractivity contribution in [2.45, 2.75) is 88.3 Å². The van der Waals surface area contributed by atoms with Crippen LogP contribution in [-0.4, -0.2) is 35.8 Å². The van der Waals surface area contributed by atoms with E-state index in [2.05, 4.69) is 44.4 Å². The van der Waals surface area contributed by atoms with Crippen LogP contribution in [0.3, 0.4) is 0 Å². The molecule has 3 aliphatic rings. The van der Waals surface area contributed by atoms with Crippen LogP contribution in [0.2, 0.25) is 0 Å². The Hall–Kier alpha value is -0.380. The molecule has 0 spiro atoms. The third-order valence-electron chi connectivity index (χ3n) is 8.21. The maximum Gasteiger partial charge on any atom is 0.0901 e. The Labute approximate surface area is 176 Å². The van der Waals surface area contributed by atoms with Gasteiger partial charge in [-0.2, -0.15) is 0 Å². The van der Waals surface area contributed by atoms with Gasteiger partial charge in [-0.1, -0.05) is 62.4 Å². The van der Waals surface area contributed by atoms with E-state index in [0.29, 0.717) is 11.8 Å². The number of aliphatic hydroxyl groups is 1. The van der Waals surface area contributed by atoms with Crippen molar-refractivity contribution < 1.29 is 26.6 Å². The molecule has 27 heavy (non-hydrogen) atoms. The van der Waals surface area contributed by atoms with Crippen molar-refractivity contribution in [3.05, 3.63) is 35.9 Å². The zero-order chi connectivity index (χ0) is 18.2. The number of halogens is 1. The van der Waals surface area contributed by atoms with Crippen LogP contribution in [0.5, 0.6) is 0 Å². The zero-order valence-electron chi connectivity index (χ0n) is 17.2. The lowest BCUT2D eigenvalue weighted by Gasteiger charge is -2.46. The molecule has 4 rings (SSSR count). The second kappa shape index (κ2) is 8.55. The lowest BCUT2D eigenvalue weighted by molar-refractivity contribution is -0.931. The minimum Gasteiger partial charge on any atom is -1.00 e. The van der Waals surface area contributed by atoms with Gasteiger partial charge in [0.2, 0.25) is 0 Å². The van der Waals surface area contributed by atoms with Crippen molar-refractivity contribution in [2.24, 2.45) is 11.8 Å². The normalized spacial score (nSPS) is 32.5. The van der Waals surface area contributed by atoms with Crippen LogP contribution < -0.4 is 17.0 Å². The average Bonchev–Trinajstić information content (AvgIpc) is 2.80. The molecular weight excluding hydrogens is 398 g/mol. The van der Waals surface area contributed by atoms with Gasteiger partial charge < -0.3 is 26.6 Å². The van der Waals surface area contributed by atoms with Crippen molar-refractivity contribution in [1.82, 2.24) is 0 Å². The second-order valence-electron chi connectivity index (χ2n) is 10.2. The molecule has 1 saturated carbocycles. The van der Waals surface area contributed by atoms with E-state index in [9.17, 15) is 5.11 Å². The molecule has 3 fully saturated rings. The molecule has 2 nitrogen and oxygen atoms in total.